The molecule has 0 aliphatic heterocycles. The summed E-state index contributed by atoms with van der Waals surface area (Å²) in [5.74, 6) is -0.553. The van der Waals surface area contributed by atoms with Crippen LogP contribution >= 0.6 is 0 Å². The van der Waals surface area contributed by atoms with Crippen molar-refractivity contribution in [1.82, 2.24) is 4.98 Å². The van der Waals surface area contributed by atoms with Crippen LogP contribution in [0.4, 0.5) is 23.2 Å². The zero-order valence-electron chi connectivity index (χ0n) is 8.77. The summed E-state index contributed by atoms with van der Waals surface area (Å²) in [4.78, 5) is 3.48. The number of benzene rings is 1. The Hall–Kier alpha value is -1.85. The minimum absolute atomic E-state index is 0.0683. The summed E-state index contributed by atoms with van der Waals surface area (Å²) in [7, 11) is 0. The lowest BCUT2D eigenvalue weighted by Crippen LogP contribution is -2.09. The molecule has 0 radical (unpaired) electrons. The zero-order chi connectivity index (χ0) is 12.8. The first kappa shape index (κ1) is 11.6. The van der Waals surface area contributed by atoms with E-state index in [0.29, 0.717) is 11.6 Å². The van der Waals surface area contributed by atoms with Gasteiger partial charge in [0.1, 0.15) is 11.5 Å². The van der Waals surface area contributed by atoms with E-state index in [4.69, 9.17) is 5.73 Å². The van der Waals surface area contributed by atoms with Crippen LogP contribution in [0.5, 0.6) is 0 Å². The molecule has 2 aromatic rings. The van der Waals surface area contributed by atoms with Crippen molar-refractivity contribution >= 4 is 16.6 Å². The lowest BCUT2D eigenvalue weighted by atomic mass is 10.1. The minimum atomic E-state index is -4.57. The van der Waals surface area contributed by atoms with Crippen LogP contribution in [0.25, 0.3) is 10.9 Å². The first-order chi connectivity index (χ1) is 7.79. The molecular weight excluding hydrogens is 236 g/mol. The summed E-state index contributed by atoms with van der Waals surface area (Å²) in [5, 5.41) is 0.190. The molecule has 0 atom stereocenters. The van der Waals surface area contributed by atoms with Crippen LogP contribution in [-0.2, 0) is 6.18 Å². The third-order valence-corrected chi connectivity index (χ3v) is 2.39. The van der Waals surface area contributed by atoms with Gasteiger partial charge in [0.2, 0.25) is 0 Å². The quantitative estimate of drug-likeness (QED) is 0.722. The number of anilines is 1. The molecule has 0 amide bonds. The molecule has 2 nitrogen and oxygen atoms in total. The van der Waals surface area contributed by atoms with Crippen molar-refractivity contribution < 1.29 is 17.6 Å². The second-order valence-corrected chi connectivity index (χ2v) is 3.71. The Balaban J connectivity index is 2.83. The second-order valence-electron chi connectivity index (χ2n) is 3.71. The molecule has 1 aromatic carbocycles. The van der Waals surface area contributed by atoms with E-state index in [1.165, 1.54) is 6.92 Å². The third-order valence-electron chi connectivity index (χ3n) is 2.39. The molecule has 0 fully saturated rings. The SMILES string of the molecule is Cc1cc(F)cc2c(N)cc(C(F)(F)F)nc12. The van der Waals surface area contributed by atoms with Gasteiger partial charge in [-0.1, -0.05) is 0 Å². The van der Waals surface area contributed by atoms with Gasteiger partial charge < -0.3 is 5.73 Å². The Morgan fingerprint density at radius 2 is 1.82 bits per heavy atom. The number of hydrogen-bond donors (Lipinski definition) is 1. The van der Waals surface area contributed by atoms with E-state index >= 15 is 0 Å². The average molecular weight is 244 g/mol. The molecule has 90 valence electrons. The van der Waals surface area contributed by atoms with Gasteiger partial charge in [0, 0.05) is 11.1 Å². The molecule has 0 spiro atoms. The van der Waals surface area contributed by atoms with Gasteiger partial charge in [-0.3, -0.25) is 0 Å². The van der Waals surface area contributed by atoms with Gasteiger partial charge in [-0.2, -0.15) is 13.2 Å². The highest BCUT2D eigenvalue weighted by Crippen LogP contribution is 2.33. The summed E-state index contributed by atoms with van der Waals surface area (Å²) < 4.78 is 50.7. The van der Waals surface area contributed by atoms with Gasteiger partial charge in [0.25, 0.3) is 0 Å². The molecule has 6 heteroatoms. The normalized spacial score (nSPS) is 12.1. The number of aryl methyl sites for hydroxylation is 1. The zero-order valence-corrected chi connectivity index (χ0v) is 8.77. The van der Waals surface area contributed by atoms with Gasteiger partial charge in [-0.25, -0.2) is 9.37 Å². The van der Waals surface area contributed by atoms with Crippen LogP contribution in [0.15, 0.2) is 18.2 Å². The number of halogens is 4. The number of hydrogen-bond acceptors (Lipinski definition) is 2. The Morgan fingerprint density at radius 1 is 1.18 bits per heavy atom. The fourth-order valence-corrected chi connectivity index (χ4v) is 1.63. The molecular formula is C11H8F4N2. The van der Waals surface area contributed by atoms with Crippen molar-refractivity contribution in [2.45, 2.75) is 13.1 Å². The van der Waals surface area contributed by atoms with Crippen LogP contribution in [0.1, 0.15) is 11.3 Å². The monoisotopic (exact) mass is 244 g/mol. The highest BCUT2D eigenvalue weighted by molar-refractivity contribution is 5.92. The van der Waals surface area contributed by atoms with E-state index < -0.39 is 17.7 Å². The van der Waals surface area contributed by atoms with E-state index in [1.54, 1.807) is 0 Å². The third kappa shape index (κ3) is 2.02. The highest BCUT2D eigenvalue weighted by Gasteiger charge is 2.33. The fraction of sp³-hybridized carbons (Fsp3) is 0.182. The Labute approximate surface area is 94.1 Å². The number of nitrogens with two attached hydrogens (primary N) is 1. The Morgan fingerprint density at radius 3 is 2.41 bits per heavy atom. The number of alkyl halides is 3. The molecule has 2 rings (SSSR count). The maximum Gasteiger partial charge on any atom is 0.433 e. The summed E-state index contributed by atoms with van der Waals surface area (Å²) in [6.07, 6.45) is -4.57. The van der Waals surface area contributed by atoms with Crippen LogP contribution in [0.2, 0.25) is 0 Å². The van der Waals surface area contributed by atoms with E-state index in [0.717, 1.165) is 12.1 Å². The maximum atomic E-state index is 13.1. The molecule has 1 aromatic heterocycles. The van der Waals surface area contributed by atoms with Crippen molar-refractivity contribution in [2.75, 3.05) is 5.73 Å². The van der Waals surface area contributed by atoms with Crippen molar-refractivity contribution in [3.8, 4) is 0 Å². The standard InChI is InChI=1S/C11H8F4N2/c1-5-2-6(12)3-7-8(16)4-9(11(13,14)15)17-10(5)7/h2-4H,1H3,(H2,16,17). The van der Waals surface area contributed by atoms with E-state index in [2.05, 4.69) is 4.98 Å². The molecule has 1 heterocycles. The first-order valence-corrected chi connectivity index (χ1v) is 4.72. The molecule has 0 saturated carbocycles. The van der Waals surface area contributed by atoms with Gasteiger partial charge in [-0.05, 0) is 30.7 Å². The molecule has 0 aliphatic carbocycles. The highest BCUT2D eigenvalue weighted by atomic mass is 19.4. The average Bonchev–Trinajstić information content (AvgIpc) is 2.17. The second kappa shape index (κ2) is 3.58. The Kier molecular flexibility index (Phi) is 2.45. The number of aromatic nitrogens is 1. The number of nitrogen functional groups attached to an aromatic ring is 1. The lowest BCUT2D eigenvalue weighted by molar-refractivity contribution is -0.140. The van der Waals surface area contributed by atoms with Crippen LogP contribution in [-0.4, -0.2) is 4.98 Å². The van der Waals surface area contributed by atoms with Crippen molar-refractivity contribution in [1.29, 1.82) is 0 Å². The smallest absolute Gasteiger partial charge is 0.398 e. The van der Waals surface area contributed by atoms with Crippen molar-refractivity contribution in [3.05, 3.63) is 35.3 Å². The Bertz CT molecular complexity index is 590. The topological polar surface area (TPSA) is 38.9 Å². The molecule has 0 unspecified atom stereocenters. The molecule has 2 N–H and O–H groups in total. The van der Waals surface area contributed by atoms with E-state index in [9.17, 15) is 17.6 Å². The largest absolute Gasteiger partial charge is 0.433 e. The van der Waals surface area contributed by atoms with Gasteiger partial charge in [0.05, 0.1) is 5.52 Å². The number of pyridine rings is 1. The van der Waals surface area contributed by atoms with E-state index in [-0.39, 0.29) is 16.6 Å². The predicted octanol–water partition coefficient (Wildman–Crippen LogP) is 3.28. The molecule has 0 bridgehead atoms. The lowest BCUT2D eigenvalue weighted by Gasteiger charge is -2.10. The fourth-order valence-electron chi connectivity index (χ4n) is 1.63. The summed E-state index contributed by atoms with van der Waals surface area (Å²) >= 11 is 0. The molecule has 0 saturated heterocycles. The first-order valence-electron chi connectivity index (χ1n) is 4.72. The number of rotatable bonds is 0. The summed E-state index contributed by atoms with van der Waals surface area (Å²) in [6, 6.07) is 2.90. The van der Waals surface area contributed by atoms with E-state index in [1.807, 2.05) is 0 Å². The van der Waals surface area contributed by atoms with Crippen LogP contribution < -0.4 is 5.73 Å². The number of fused-ring (bicyclic) bond motifs is 1. The number of nitrogens with zero attached hydrogens (tertiary/aromatic N) is 1. The molecule has 17 heavy (non-hydrogen) atoms. The minimum Gasteiger partial charge on any atom is -0.398 e. The van der Waals surface area contributed by atoms with Gasteiger partial charge in [0.15, 0.2) is 0 Å². The summed E-state index contributed by atoms with van der Waals surface area (Å²) in [6.45, 7) is 1.48. The van der Waals surface area contributed by atoms with Crippen molar-refractivity contribution in [3.63, 3.8) is 0 Å². The predicted molar refractivity (Wildman–Crippen MR) is 55.9 cm³/mol. The van der Waals surface area contributed by atoms with Crippen LogP contribution in [0.3, 0.4) is 0 Å². The maximum absolute atomic E-state index is 13.1. The van der Waals surface area contributed by atoms with Crippen molar-refractivity contribution in [2.24, 2.45) is 0 Å². The van der Waals surface area contributed by atoms with Crippen LogP contribution in [0, 0.1) is 12.7 Å². The molecule has 0 aliphatic rings. The van der Waals surface area contributed by atoms with Gasteiger partial charge >= 0.3 is 6.18 Å². The van der Waals surface area contributed by atoms with Gasteiger partial charge in [-0.15, -0.1) is 0 Å². The summed E-state index contributed by atoms with van der Waals surface area (Å²) in [5.41, 5.74) is 4.66.